The summed E-state index contributed by atoms with van der Waals surface area (Å²) in [4.78, 5) is 12.1. The van der Waals surface area contributed by atoms with Crippen LogP contribution in [0.4, 0.5) is 0 Å². The molecule has 0 fully saturated rings. The van der Waals surface area contributed by atoms with Crippen LogP contribution in [-0.2, 0) is 17.8 Å². The number of rotatable bonds is 6. The Morgan fingerprint density at radius 1 is 1.04 bits per heavy atom. The van der Waals surface area contributed by atoms with Crippen LogP contribution in [-0.4, -0.2) is 26.2 Å². The van der Waals surface area contributed by atoms with Gasteiger partial charge in [-0.25, -0.2) is 0 Å². The minimum Gasteiger partial charge on any atom is -0.497 e. The molecule has 25 heavy (non-hydrogen) atoms. The highest BCUT2D eigenvalue weighted by Crippen LogP contribution is 2.30. The molecule has 132 valence electrons. The average molecular weight is 341 g/mol. The van der Waals surface area contributed by atoms with E-state index >= 15 is 0 Å². The highest BCUT2D eigenvalue weighted by atomic mass is 16.5. The first kappa shape index (κ1) is 17.1. The van der Waals surface area contributed by atoms with Crippen molar-refractivity contribution in [2.24, 2.45) is 0 Å². The van der Waals surface area contributed by atoms with Gasteiger partial charge in [0.1, 0.15) is 5.75 Å². The van der Waals surface area contributed by atoms with Crippen molar-refractivity contribution in [3.8, 4) is 17.2 Å². The van der Waals surface area contributed by atoms with Gasteiger partial charge in [-0.1, -0.05) is 18.2 Å². The quantitative estimate of drug-likeness (QED) is 0.877. The van der Waals surface area contributed by atoms with Crippen LogP contribution >= 0.6 is 0 Å². The Labute approximate surface area is 147 Å². The molecule has 1 amide bonds. The van der Waals surface area contributed by atoms with Gasteiger partial charge in [-0.05, 0) is 41.8 Å². The molecule has 3 rings (SSSR count). The number of nitrogens with one attached hydrogen (secondary N) is 1. The lowest BCUT2D eigenvalue weighted by molar-refractivity contribution is -0.121. The Morgan fingerprint density at radius 3 is 2.52 bits per heavy atom. The van der Waals surface area contributed by atoms with Gasteiger partial charge in [-0.2, -0.15) is 0 Å². The van der Waals surface area contributed by atoms with Crippen molar-refractivity contribution in [1.82, 2.24) is 5.32 Å². The molecular weight excluding hydrogens is 318 g/mol. The fourth-order valence-corrected chi connectivity index (χ4v) is 2.66. The molecule has 5 nitrogen and oxygen atoms in total. The molecular formula is C20H23NO4. The summed E-state index contributed by atoms with van der Waals surface area (Å²) < 4.78 is 16.4. The molecule has 0 aromatic heterocycles. The van der Waals surface area contributed by atoms with Crippen LogP contribution in [0.1, 0.15) is 24.0 Å². The smallest absolute Gasteiger partial charge is 0.220 e. The van der Waals surface area contributed by atoms with E-state index in [9.17, 15) is 4.79 Å². The number of ether oxygens (including phenoxy) is 3. The SMILES string of the molecule is COc1ccc(CCC(=O)NCc2ccc3c(c2)OCCCO3)cc1. The highest BCUT2D eigenvalue weighted by molar-refractivity contribution is 5.76. The first-order valence-corrected chi connectivity index (χ1v) is 8.53. The van der Waals surface area contributed by atoms with Gasteiger partial charge < -0.3 is 19.5 Å². The fraction of sp³-hybridized carbons (Fsp3) is 0.350. The van der Waals surface area contributed by atoms with Crippen molar-refractivity contribution in [1.29, 1.82) is 0 Å². The summed E-state index contributed by atoms with van der Waals surface area (Å²) in [7, 11) is 1.64. The first-order valence-electron chi connectivity index (χ1n) is 8.53. The van der Waals surface area contributed by atoms with Gasteiger partial charge in [0, 0.05) is 19.4 Å². The zero-order chi connectivity index (χ0) is 17.5. The summed E-state index contributed by atoms with van der Waals surface area (Å²) in [6, 6.07) is 13.6. The second-order valence-electron chi connectivity index (χ2n) is 5.96. The Kier molecular flexibility index (Phi) is 5.77. The lowest BCUT2D eigenvalue weighted by atomic mass is 10.1. The minimum atomic E-state index is 0.0305. The Bertz CT molecular complexity index is 712. The van der Waals surface area contributed by atoms with Crippen LogP contribution in [0.2, 0.25) is 0 Å². The lowest BCUT2D eigenvalue weighted by Gasteiger charge is -2.10. The maximum atomic E-state index is 12.1. The van der Waals surface area contributed by atoms with Crippen molar-refractivity contribution in [2.45, 2.75) is 25.8 Å². The number of methoxy groups -OCH3 is 1. The van der Waals surface area contributed by atoms with Crippen molar-refractivity contribution in [3.05, 3.63) is 53.6 Å². The van der Waals surface area contributed by atoms with Crippen LogP contribution in [0.15, 0.2) is 42.5 Å². The molecule has 0 saturated carbocycles. The van der Waals surface area contributed by atoms with E-state index in [1.807, 2.05) is 42.5 Å². The maximum absolute atomic E-state index is 12.1. The topological polar surface area (TPSA) is 56.8 Å². The Hall–Kier alpha value is -2.69. The first-order chi connectivity index (χ1) is 12.2. The molecule has 0 radical (unpaired) electrons. The van der Waals surface area contributed by atoms with Crippen LogP contribution in [0.3, 0.4) is 0 Å². The predicted molar refractivity (Wildman–Crippen MR) is 95.2 cm³/mol. The number of carbonyl (C=O) groups excluding carboxylic acids is 1. The summed E-state index contributed by atoms with van der Waals surface area (Å²) in [5.41, 5.74) is 2.12. The van der Waals surface area contributed by atoms with Crippen molar-refractivity contribution in [2.75, 3.05) is 20.3 Å². The van der Waals surface area contributed by atoms with Gasteiger partial charge >= 0.3 is 0 Å². The van der Waals surface area contributed by atoms with E-state index in [1.54, 1.807) is 7.11 Å². The normalized spacial score (nSPS) is 13.0. The Morgan fingerprint density at radius 2 is 1.76 bits per heavy atom. The lowest BCUT2D eigenvalue weighted by Crippen LogP contribution is -2.23. The summed E-state index contributed by atoms with van der Waals surface area (Å²) in [5, 5.41) is 2.95. The van der Waals surface area contributed by atoms with E-state index in [1.165, 1.54) is 0 Å². The molecule has 0 bridgehead atoms. The second kappa shape index (κ2) is 8.42. The molecule has 0 unspecified atom stereocenters. The molecule has 2 aromatic rings. The van der Waals surface area contributed by atoms with E-state index < -0.39 is 0 Å². The number of aryl methyl sites for hydroxylation is 1. The molecule has 1 aliphatic heterocycles. The van der Waals surface area contributed by atoms with Gasteiger partial charge in [0.05, 0.1) is 20.3 Å². The Balaban J connectivity index is 1.47. The summed E-state index contributed by atoms with van der Waals surface area (Å²) >= 11 is 0. The van der Waals surface area contributed by atoms with E-state index in [0.717, 1.165) is 34.8 Å². The van der Waals surface area contributed by atoms with Crippen LogP contribution in [0.5, 0.6) is 17.2 Å². The number of carbonyl (C=O) groups is 1. The zero-order valence-corrected chi connectivity index (χ0v) is 14.4. The third-order valence-corrected chi connectivity index (χ3v) is 4.10. The number of hydrogen-bond donors (Lipinski definition) is 1. The van der Waals surface area contributed by atoms with Crippen LogP contribution in [0, 0.1) is 0 Å². The number of benzene rings is 2. The molecule has 5 heteroatoms. The van der Waals surface area contributed by atoms with Gasteiger partial charge in [0.2, 0.25) is 5.91 Å². The largest absolute Gasteiger partial charge is 0.497 e. The van der Waals surface area contributed by atoms with E-state index in [0.29, 0.717) is 32.6 Å². The molecule has 0 aliphatic carbocycles. The summed E-state index contributed by atoms with van der Waals surface area (Å²) in [5.74, 6) is 2.38. The van der Waals surface area contributed by atoms with E-state index in [4.69, 9.17) is 14.2 Å². The molecule has 0 spiro atoms. The van der Waals surface area contributed by atoms with Gasteiger partial charge in [-0.3, -0.25) is 4.79 Å². The van der Waals surface area contributed by atoms with Gasteiger partial charge in [0.15, 0.2) is 11.5 Å². The average Bonchev–Trinajstić information content (AvgIpc) is 2.90. The predicted octanol–water partition coefficient (Wildman–Crippen LogP) is 3.11. The minimum absolute atomic E-state index is 0.0305. The number of fused-ring (bicyclic) bond motifs is 1. The van der Waals surface area contributed by atoms with Crippen molar-refractivity contribution >= 4 is 5.91 Å². The van der Waals surface area contributed by atoms with Gasteiger partial charge in [-0.15, -0.1) is 0 Å². The summed E-state index contributed by atoms with van der Waals surface area (Å²) in [6.07, 6.45) is 2.04. The third kappa shape index (κ3) is 4.89. The monoisotopic (exact) mass is 341 g/mol. The number of hydrogen-bond acceptors (Lipinski definition) is 4. The zero-order valence-electron chi connectivity index (χ0n) is 14.4. The molecule has 1 heterocycles. The molecule has 1 N–H and O–H groups in total. The molecule has 1 aliphatic rings. The molecule has 2 aromatic carbocycles. The second-order valence-corrected chi connectivity index (χ2v) is 5.96. The van der Waals surface area contributed by atoms with Crippen molar-refractivity contribution < 1.29 is 19.0 Å². The third-order valence-electron chi connectivity index (χ3n) is 4.10. The molecule has 0 saturated heterocycles. The highest BCUT2D eigenvalue weighted by Gasteiger charge is 2.11. The van der Waals surface area contributed by atoms with Crippen LogP contribution in [0.25, 0.3) is 0 Å². The molecule has 0 atom stereocenters. The fourth-order valence-electron chi connectivity index (χ4n) is 2.66. The number of amides is 1. The van der Waals surface area contributed by atoms with E-state index in [2.05, 4.69) is 5.32 Å². The standard InChI is InChI=1S/C20H23NO4/c1-23-17-7-3-15(4-8-17)6-10-20(22)21-14-16-5-9-18-19(13-16)25-12-2-11-24-18/h3-5,7-9,13H,2,6,10-12,14H2,1H3,(H,21,22). The maximum Gasteiger partial charge on any atom is 0.220 e. The van der Waals surface area contributed by atoms with Crippen molar-refractivity contribution in [3.63, 3.8) is 0 Å². The van der Waals surface area contributed by atoms with Gasteiger partial charge in [0.25, 0.3) is 0 Å². The summed E-state index contributed by atoms with van der Waals surface area (Å²) in [6.45, 7) is 1.82. The van der Waals surface area contributed by atoms with Crippen LogP contribution < -0.4 is 19.5 Å². The van der Waals surface area contributed by atoms with E-state index in [-0.39, 0.29) is 5.91 Å².